The molecule has 1 unspecified atom stereocenters. The zero-order valence-corrected chi connectivity index (χ0v) is 13.3. The molecule has 1 rings (SSSR count). The van der Waals surface area contributed by atoms with Gasteiger partial charge in [-0.25, -0.2) is 4.79 Å². The van der Waals surface area contributed by atoms with E-state index >= 15 is 0 Å². The Morgan fingerprint density at radius 1 is 1.24 bits per heavy atom. The molecule has 6 nitrogen and oxygen atoms in total. The van der Waals surface area contributed by atoms with Crippen LogP contribution in [0.2, 0.25) is 0 Å². The number of nitrogens with one attached hydrogen (secondary N) is 2. The smallest absolute Gasteiger partial charge is 0.322 e. The Hall–Kier alpha value is -2.08. The van der Waals surface area contributed by atoms with Crippen LogP contribution in [0.3, 0.4) is 0 Å². The van der Waals surface area contributed by atoms with Crippen molar-refractivity contribution in [3.8, 4) is 0 Å². The lowest BCUT2D eigenvalue weighted by molar-refractivity contribution is -0.129. The average Bonchev–Trinajstić information content (AvgIpc) is 2.46. The van der Waals surface area contributed by atoms with Crippen molar-refractivity contribution in [2.45, 2.75) is 13.0 Å². The van der Waals surface area contributed by atoms with E-state index in [1.807, 2.05) is 38.2 Å². The van der Waals surface area contributed by atoms with Gasteiger partial charge in [0.05, 0.1) is 0 Å². The summed E-state index contributed by atoms with van der Waals surface area (Å²) in [7, 11) is 6.81. The molecule has 0 aliphatic heterocycles. The summed E-state index contributed by atoms with van der Waals surface area (Å²) in [5, 5.41) is 5.94. The first-order chi connectivity index (χ1) is 9.85. The Kier molecular flexibility index (Phi) is 6.17. The first kappa shape index (κ1) is 17.0. The maximum atomic E-state index is 12.0. The van der Waals surface area contributed by atoms with Gasteiger partial charge in [0, 0.05) is 32.9 Å². The number of carbonyl (C=O) groups excluding carboxylic acids is 2. The van der Waals surface area contributed by atoms with Gasteiger partial charge in [0.15, 0.2) is 0 Å². The molecule has 0 radical (unpaired) electrons. The largest absolute Gasteiger partial charge is 0.347 e. The fraction of sp³-hybridized carbons (Fsp3) is 0.467. The Bertz CT molecular complexity index is 502. The summed E-state index contributed by atoms with van der Waals surface area (Å²) in [6.07, 6.45) is 0. The fourth-order valence-corrected chi connectivity index (χ4v) is 1.69. The van der Waals surface area contributed by atoms with Gasteiger partial charge in [-0.3, -0.25) is 4.79 Å². The molecule has 0 fully saturated rings. The summed E-state index contributed by atoms with van der Waals surface area (Å²) in [6, 6.07) is 7.53. The molecule has 1 aromatic rings. The Morgan fingerprint density at radius 3 is 2.48 bits per heavy atom. The van der Waals surface area contributed by atoms with E-state index in [2.05, 4.69) is 10.6 Å². The van der Waals surface area contributed by atoms with E-state index in [4.69, 9.17) is 0 Å². The molecule has 0 saturated carbocycles. The van der Waals surface area contributed by atoms with Gasteiger partial charge in [0.1, 0.15) is 6.54 Å². The van der Waals surface area contributed by atoms with Crippen molar-refractivity contribution in [3.63, 3.8) is 0 Å². The van der Waals surface area contributed by atoms with Gasteiger partial charge in [-0.05, 0) is 31.7 Å². The van der Waals surface area contributed by atoms with Crippen LogP contribution in [0.1, 0.15) is 18.5 Å². The molecule has 0 aromatic heterocycles. The normalized spacial score (nSPS) is 11.7. The molecule has 0 saturated heterocycles. The van der Waals surface area contributed by atoms with E-state index in [9.17, 15) is 9.59 Å². The van der Waals surface area contributed by atoms with Gasteiger partial charge in [-0.2, -0.15) is 0 Å². The molecule has 0 heterocycles. The number of hydrogen-bond acceptors (Lipinski definition) is 3. The average molecular weight is 292 g/mol. The first-order valence-electron chi connectivity index (χ1n) is 6.84. The number of anilines is 1. The third kappa shape index (κ3) is 5.07. The highest BCUT2D eigenvalue weighted by Gasteiger charge is 2.14. The summed E-state index contributed by atoms with van der Waals surface area (Å²) >= 11 is 0. The summed E-state index contributed by atoms with van der Waals surface area (Å²) in [5.74, 6) is -0.120. The van der Waals surface area contributed by atoms with Crippen molar-refractivity contribution in [2.24, 2.45) is 0 Å². The number of amides is 3. The van der Waals surface area contributed by atoms with Crippen molar-refractivity contribution in [1.82, 2.24) is 15.1 Å². The van der Waals surface area contributed by atoms with Gasteiger partial charge in [0.25, 0.3) is 0 Å². The van der Waals surface area contributed by atoms with E-state index in [0.29, 0.717) is 5.69 Å². The van der Waals surface area contributed by atoms with Crippen LogP contribution in [0.5, 0.6) is 0 Å². The van der Waals surface area contributed by atoms with E-state index in [1.165, 1.54) is 9.80 Å². The molecular formula is C15H24N4O2. The molecule has 0 aliphatic carbocycles. The number of nitrogens with zero attached hydrogens (tertiary/aromatic N) is 2. The third-order valence-electron chi connectivity index (χ3n) is 3.29. The van der Waals surface area contributed by atoms with E-state index < -0.39 is 0 Å². The predicted molar refractivity (Wildman–Crippen MR) is 84.3 cm³/mol. The van der Waals surface area contributed by atoms with Crippen molar-refractivity contribution >= 4 is 17.6 Å². The monoisotopic (exact) mass is 292 g/mol. The maximum Gasteiger partial charge on any atom is 0.322 e. The second-order valence-electron chi connectivity index (χ2n) is 5.21. The third-order valence-corrected chi connectivity index (χ3v) is 3.29. The number of rotatable bonds is 5. The topological polar surface area (TPSA) is 64.7 Å². The van der Waals surface area contributed by atoms with Gasteiger partial charge in [-0.15, -0.1) is 0 Å². The lowest BCUT2D eigenvalue weighted by Gasteiger charge is -2.20. The van der Waals surface area contributed by atoms with Crippen LogP contribution in [0.15, 0.2) is 24.3 Å². The van der Waals surface area contributed by atoms with Crippen LogP contribution in [0.4, 0.5) is 10.5 Å². The lowest BCUT2D eigenvalue weighted by Crippen LogP contribution is -2.39. The van der Waals surface area contributed by atoms with Crippen molar-refractivity contribution < 1.29 is 9.59 Å². The number of likely N-dealkylation sites (N-methyl/N-ethyl adjacent to an activating group) is 2. The fourth-order valence-electron chi connectivity index (χ4n) is 1.69. The zero-order valence-electron chi connectivity index (χ0n) is 13.3. The van der Waals surface area contributed by atoms with Crippen LogP contribution in [0.25, 0.3) is 0 Å². The number of hydrogen-bond donors (Lipinski definition) is 2. The molecule has 1 atom stereocenters. The second kappa shape index (κ2) is 7.64. The molecule has 0 aliphatic rings. The summed E-state index contributed by atoms with van der Waals surface area (Å²) < 4.78 is 0. The summed E-state index contributed by atoms with van der Waals surface area (Å²) in [6.45, 7) is 2.09. The van der Waals surface area contributed by atoms with E-state index in [-0.39, 0.29) is 24.5 Å². The standard InChI is InChI=1S/C15H24N4O2/c1-11(16-2)12-7-6-8-13(9-12)17-15(21)19(5)10-14(20)18(3)4/h6-9,11,16H,10H2,1-5H3,(H,17,21). The quantitative estimate of drug-likeness (QED) is 0.865. The molecule has 1 aromatic carbocycles. The Labute approximate surface area is 126 Å². The molecule has 0 bridgehead atoms. The molecular weight excluding hydrogens is 268 g/mol. The molecule has 2 N–H and O–H groups in total. The maximum absolute atomic E-state index is 12.0. The van der Waals surface area contributed by atoms with Crippen molar-refractivity contribution in [3.05, 3.63) is 29.8 Å². The Morgan fingerprint density at radius 2 is 1.90 bits per heavy atom. The van der Waals surface area contributed by atoms with Gasteiger partial charge in [0.2, 0.25) is 5.91 Å². The molecule has 6 heteroatoms. The molecule has 21 heavy (non-hydrogen) atoms. The lowest BCUT2D eigenvalue weighted by atomic mass is 10.1. The summed E-state index contributed by atoms with van der Waals surface area (Å²) in [4.78, 5) is 26.5. The van der Waals surface area contributed by atoms with Crippen molar-refractivity contribution in [2.75, 3.05) is 40.1 Å². The molecule has 116 valence electrons. The highest BCUT2D eigenvalue weighted by atomic mass is 16.2. The van der Waals surface area contributed by atoms with Gasteiger partial charge in [-0.1, -0.05) is 12.1 Å². The SMILES string of the molecule is CNC(C)c1cccc(NC(=O)N(C)CC(=O)N(C)C)c1. The van der Waals surface area contributed by atoms with Gasteiger partial charge >= 0.3 is 6.03 Å². The van der Waals surface area contributed by atoms with Crippen LogP contribution in [-0.4, -0.2) is 56.5 Å². The first-order valence-corrected chi connectivity index (χ1v) is 6.84. The zero-order chi connectivity index (χ0) is 16.0. The minimum Gasteiger partial charge on any atom is -0.347 e. The summed E-state index contributed by atoms with van der Waals surface area (Å²) in [5.41, 5.74) is 1.80. The van der Waals surface area contributed by atoms with Crippen LogP contribution < -0.4 is 10.6 Å². The highest BCUT2D eigenvalue weighted by molar-refractivity contribution is 5.92. The molecule has 0 spiro atoms. The number of benzene rings is 1. The molecule has 3 amide bonds. The minimum atomic E-state index is -0.306. The van der Waals surface area contributed by atoms with E-state index in [1.54, 1.807) is 21.1 Å². The van der Waals surface area contributed by atoms with Gasteiger partial charge < -0.3 is 20.4 Å². The van der Waals surface area contributed by atoms with E-state index in [0.717, 1.165) is 5.56 Å². The predicted octanol–water partition coefficient (Wildman–Crippen LogP) is 1.52. The number of urea groups is 1. The van der Waals surface area contributed by atoms with Crippen LogP contribution >= 0.6 is 0 Å². The van der Waals surface area contributed by atoms with Crippen LogP contribution in [0, 0.1) is 0 Å². The minimum absolute atomic E-state index is 0.0471. The second-order valence-corrected chi connectivity index (χ2v) is 5.21. The Balaban J connectivity index is 2.68. The highest BCUT2D eigenvalue weighted by Crippen LogP contribution is 2.17. The van der Waals surface area contributed by atoms with Crippen LogP contribution in [-0.2, 0) is 4.79 Å². The van der Waals surface area contributed by atoms with Crippen molar-refractivity contribution in [1.29, 1.82) is 0 Å². The number of carbonyl (C=O) groups is 2.